The molecule has 0 bridgehead atoms. The number of guanidine groups is 1. The van der Waals surface area contributed by atoms with E-state index in [9.17, 15) is 0 Å². The van der Waals surface area contributed by atoms with Gasteiger partial charge in [0.2, 0.25) is 0 Å². The van der Waals surface area contributed by atoms with Gasteiger partial charge in [0.1, 0.15) is 5.75 Å². The van der Waals surface area contributed by atoms with E-state index in [-0.39, 0.29) is 24.0 Å². The summed E-state index contributed by atoms with van der Waals surface area (Å²) in [6.45, 7) is 9.49. The second-order valence-electron chi connectivity index (χ2n) is 6.33. The molecule has 0 unspecified atom stereocenters. The zero-order valence-electron chi connectivity index (χ0n) is 15.3. The maximum absolute atomic E-state index is 5.22. The van der Waals surface area contributed by atoms with Crippen molar-refractivity contribution >= 4 is 35.6 Å². The number of nitrogens with zero attached hydrogens (tertiary/aromatic N) is 3. The van der Waals surface area contributed by atoms with Gasteiger partial charge in [-0.1, -0.05) is 13.8 Å². The molecular weight excluding hydrogens is 415 g/mol. The number of hydrogen-bond donors (Lipinski definition) is 1. The van der Waals surface area contributed by atoms with E-state index in [0.29, 0.717) is 5.92 Å². The first kappa shape index (κ1) is 20.9. The minimum Gasteiger partial charge on any atom is -0.497 e. The van der Waals surface area contributed by atoms with Crippen molar-refractivity contribution in [2.45, 2.75) is 20.3 Å². The first-order valence-corrected chi connectivity index (χ1v) is 8.48. The number of ether oxygens (including phenoxy) is 1. The van der Waals surface area contributed by atoms with Crippen LogP contribution < -0.4 is 15.0 Å². The quantitative estimate of drug-likeness (QED) is 0.429. The van der Waals surface area contributed by atoms with E-state index in [1.807, 2.05) is 19.2 Å². The summed E-state index contributed by atoms with van der Waals surface area (Å²) in [7, 11) is 3.57. The summed E-state index contributed by atoms with van der Waals surface area (Å²) < 4.78 is 5.22. The smallest absolute Gasteiger partial charge is 0.193 e. The Bertz CT molecular complexity index is 496. The lowest BCUT2D eigenvalue weighted by atomic mass is 10.1. The third-order valence-electron chi connectivity index (χ3n) is 4.23. The van der Waals surface area contributed by atoms with Crippen molar-refractivity contribution in [3.8, 4) is 5.75 Å². The number of methoxy groups -OCH3 is 1. The van der Waals surface area contributed by atoms with Gasteiger partial charge >= 0.3 is 0 Å². The van der Waals surface area contributed by atoms with Crippen molar-refractivity contribution in [3.05, 3.63) is 24.3 Å². The number of aliphatic imine (C=N–C) groups is 1. The van der Waals surface area contributed by atoms with Gasteiger partial charge in [0.15, 0.2) is 5.96 Å². The van der Waals surface area contributed by atoms with Crippen molar-refractivity contribution < 1.29 is 4.74 Å². The van der Waals surface area contributed by atoms with Crippen LogP contribution in [0.1, 0.15) is 20.3 Å². The van der Waals surface area contributed by atoms with E-state index in [0.717, 1.165) is 44.4 Å². The second kappa shape index (κ2) is 10.6. The Morgan fingerprint density at radius 3 is 2.29 bits per heavy atom. The van der Waals surface area contributed by atoms with Crippen LogP contribution in [-0.2, 0) is 0 Å². The molecule has 0 amide bonds. The topological polar surface area (TPSA) is 40.1 Å². The standard InChI is InChI=1S/C18H30N4O.HI/c1-15(2)9-10-20-18(19-3)22-13-11-21(12-14-22)16-5-7-17(23-4)8-6-16;/h5-8,15H,9-14H2,1-4H3,(H,19,20);1H. The molecule has 2 rings (SSSR count). The zero-order chi connectivity index (χ0) is 16.7. The van der Waals surface area contributed by atoms with Crippen LogP contribution in [-0.4, -0.2) is 57.7 Å². The fourth-order valence-electron chi connectivity index (χ4n) is 2.77. The predicted octanol–water partition coefficient (Wildman–Crippen LogP) is 3.06. The average molecular weight is 446 g/mol. The van der Waals surface area contributed by atoms with Crippen LogP contribution in [0.5, 0.6) is 5.75 Å². The Morgan fingerprint density at radius 1 is 1.17 bits per heavy atom. The van der Waals surface area contributed by atoms with Gasteiger partial charge in [-0.15, -0.1) is 24.0 Å². The van der Waals surface area contributed by atoms with E-state index < -0.39 is 0 Å². The SMILES string of the molecule is CN=C(NCCC(C)C)N1CCN(c2ccc(OC)cc2)CC1.I. The molecule has 0 spiro atoms. The van der Waals surface area contributed by atoms with Gasteiger partial charge < -0.3 is 19.9 Å². The molecule has 1 aromatic carbocycles. The molecule has 0 saturated carbocycles. The molecular formula is C18H31IN4O. The molecule has 1 saturated heterocycles. The highest BCUT2D eigenvalue weighted by Crippen LogP contribution is 2.20. The molecule has 0 aliphatic carbocycles. The highest BCUT2D eigenvalue weighted by atomic mass is 127. The lowest BCUT2D eigenvalue weighted by Gasteiger charge is -2.37. The summed E-state index contributed by atoms with van der Waals surface area (Å²) in [5, 5.41) is 3.48. The molecule has 1 N–H and O–H groups in total. The minimum atomic E-state index is 0. The summed E-state index contributed by atoms with van der Waals surface area (Å²) >= 11 is 0. The van der Waals surface area contributed by atoms with E-state index in [1.54, 1.807) is 7.11 Å². The van der Waals surface area contributed by atoms with E-state index in [2.05, 4.69) is 46.1 Å². The fraction of sp³-hybridized carbons (Fsp3) is 0.611. The summed E-state index contributed by atoms with van der Waals surface area (Å²) in [6, 6.07) is 8.30. The molecule has 0 atom stereocenters. The van der Waals surface area contributed by atoms with Crippen molar-refractivity contribution in [2.75, 3.05) is 51.8 Å². The number of rotatable bonds is 5. The van der Waals surface area contributed by atoms with Crippen molar-refractivity contribution in [3.63, 3.8) is 0 Å². The Kier molecular flexibility index (Phi) is 9.25. The second-order valence-corrected chi connectivity index (χ2v) is 6.33. The molecule has 0 aromatic heterocycles. The molecule has 1 aliphatic heterocycles. The number of piperazine rings is 1. The van der Waals surface area contributed by atoms with Crippen LogP contribution >= 0.6 is 24.0 Å². The Hall–Kier alpha value is -1.18. The fourth-order valence-corrected chi connectivity index (χ4v) is 2.77. The molecule has 1 aromatic rings. The Morgan fingerprint density at radius 2 is 1.79 bits per heavy atom. The van der Waals surface area contributed by atoms with Gasteiger partial charge in [0, 0.05) is 45.5 Å². The van der Waals surface area contributed by atoms with Crippen LogP contribution in [0.4, 0.5) is 5.69 Å². The first-order chi connectivity index (χ1) is 11.1. The largest absolute Gasteiger partial charge is 0.497 e. The Balaban J connectivity index is 0.00000288. The summed E-state index contributed by atoms with van der Waals surface area (Å²) in [5.41, 5.74) is 1.26. The van der Waals surface area contributed by atoms with Crippen LogP contribution in [0, 0.1) is 5.92 Å². The molecule has 1 aliphatic rings. The van der Waals surface area contributed by atoms with Crippen LogP contribution in [0.2, 0.25) is 0 Å². The molecule has 1 fully saturated rings. The number of hydrogen-bond acceptors (Lipinski definition) is 3. The first-order valence-electron chi connectivity index (χ1n) is 8.48. The van der Waals surface area contributed by atoms with E-state index >= 15 is 0 Å². The third kappa shape index (κ3) is 6.03. The highest BCUT2D eigenvalue weighted by molar-refractivity contribution is 14.0. The van der Waals surface area contributed by atoms with Gasteiger partial charge in [0.05, 0.1) is 7.11 Å². The molecule has 24 heavy (non-hydrogen) atoms. The van der Waals surface area contributed by atoms with Gasteiger partial charge in [-0.25, -0.2) is 0 Å². The molecule has 0 radical (unpaired) electrons. The van der Waals surface area contributed by atoms with Crippen LogP contribution in [0.15, 0.2) is 29.3 Å². The molecule has 6 heteroatoms. The number of halogens is 1. The third-order valence-corrected chi connectivity index (χ3v) is 4.23. The summed E-state index contributed by atoms with van der Waals surface area (Å²) in [5.74, 6) is 2.65. The van der Waals surface area contributed by atoms with Gasteiger partial charge in [-0.2, -0.15) is 0 Å². The maximum Gasteiger partial charge on any atom is 0.193 e. The van der Waals surface area contributed by atoms with E-state index in [4.69, 9.17) is 4.74 Å². The van der Waals surface area contributed by atoms with Crippen molar-refractivity contribution in [1.29, 1.82) is 0 Å². The monoisotopic (exact) mass is 446 g/mol. The van der Waals surface area contributed by atoms with Crippen LogP contribution in [0.25, 0.3) is 0 Å². The highest BCUT2D eigenvalue weighted by Gasteiger charge is 2.19. The lowest BCUT2D eigenvalue weighted by Crippen LogP contribution is -2.52. The number of benzene rings is 1. The summed E-state index contributed by atoms with van der Waals surface area (Å²) in [6.07, 6.45) is 1.17. The van der Waals surface area contributed by atoms with Gasteiger partial charge in [-0.3, -0.25) is 4.99 Å². The van der Waals surface area contributed by atoms with Gasteiger partial charge in [0.25, 0.3) is 0 Å². The summed E-state index contributed by atoms with van der Waals surface area (Å²) in [4.78, 5) is 9.19. The van der Waals surface area contributed by atoms with Crippen LogP contribution in [0.3, 0.4) is 0 Å². The normalized spacial score (nSPS) is 15.3. The minimum absolute atomic E-state index is 0. The molecule has 1 heterocycles. The number of nitrogens with one attached hydrogen (secondary N) is 1. The number of anilines is 1. The Labute approximate surface area is 163 Å². The maximum atomic E-state index is 5.22. The lowest BCUT2D eigenvalue weighted by molar-refractivity contribution is 0.371. The molecule has 5 nitrogen and oxygen atoms in total. The predicted molar refractivity (Wildman–Crippen MR) is 113 cm³/mol. The average Bonchev–Trinajstić information content (AvgIpc) is 2.59. The van der Waals surface area contributed by atoms with E-state index in [1.165, 1.54) is 12.1 Å². The van der Waals surface area contributed by atoms with Crippen molar-refractivity contribution in [1.82, 2.24) is 10.2 Å². The molecule has 136 valence electrons. The van der Waals surface area contributed by atoms with Crippen molar-refractivity contribution in [2.24, 2.45) is 10.9 Å². The zero-order valence-corrected chi connectivity index (χ0v) is 17.6. The van der Waals surface area contributed by atoms with Gasteiger partial charge in [-0.05, 0) is 36.6 Å².